The maximum atomic E-state index is 13.9. The molecule has 0 N–H and O–H groups in total. The van der Waals surface area contributed by atoms with E-state index in [0.717, 1.165) is 5.56 Å². The second-order valence-corrected chi connectivity index (χ2v) is 6.42. The Morgan fingerprint density at radius 3 is 2.44 bits per heavy atom. The van der Waals surface area contributed by atoms with E-state index in [1.54, 1.807) is 24.5 Å². The Labute approximate surface area is 147 Å². The summed E-state index contributed by atoms with van der Waals surface area (Å²) in [5, 5.41) is 0. The predicted octanol–water partition coefficient (Wildman–Crippen LogP) is 2.17. The van der Waals surface area contributed by atoms with Crippen LogP contribution in [-0.4, -0.2) is 61.0 Å². The molecule has 0 radical (unpaired) electrons. The Kier molecular flexibility index (Phi) is 5.28. The molecule has 132 valence electrons. The number of carbonyl (C=O) groups is 1. The zero-order valence-electron chi connectivity index (χ0n) is 14.6. The van der Waals surface area contributed by atoms with E-state index in [1.165, 1.54) is 6.07 Å². The lowest BCUT2D eigenvalue weighted by atomic mass is 10.1. The SMILES string of the molecule is CN(C)C(C(=O)N1CCN(c2ccccc2F)CC1)c1cccnc1. The van der Waals surface area contributed by atoms with Crippen LogP contribution < -0.4 is 4.90 Å². The quantitative estimate of drug-likeness (QED) is 0.854. The lowest BCUT2D eigenvalue weighted by Crippen LogP contribution is -2.51. The number of benzene rings is 1. The zero-order chi connectivity index (χ0) is 17.8. The van der Waals surface area contributed by atoms with Gasteiger partial charge in [-0.3, -0.25) is 14.7 Å². The maximum absolute atomic E-state index is 13.9. The van der Waals surface area contributed by atoms with Crippen LogP contribution in [0.15, 0.2) is 48.8 Å². The first-order valence-electron chi connectivity index (χ1n) is 8.42. The van der Waals surface area contributed by atoms with Crippen LogP contribution in [0.3, 0.4) is 0 Å². The van der Waals surface area contributed by atoms with Crippen LogP contribution in [0.5, 0.6) is 0 Å². The van der Waals surface area contributed by atoms with Crippen molar-refractivity contribution in [1.29, 1.82) is 0 Å². The monoisotopic (exact) mass is 342 g/mol. The first kappa shape index (κ1) is 17.4. The topological polar surface area (TPSA) is 39.7 Å². The summed E-state index contributed by atoms with van der Waals surface area (Å²) in [4.78, 5) is 22.9. The third-order valence-electron chi connectivity index (χ3n) is 4.53. The van der Waals surface area contributed by atoms with E-state index in [0.29, 0.717) is 31.9 Å². The Balaban J connectivity index is 1.69. The molecule has 3 rings (SSSR count). The number of anilines is 1. The highest BCUT2D eigenvalue weighted by molar-refractivity contribution is 5.83. The van der Waals surface area contributed by atoms with Gasteiger partial charge in [-0.2, -0.15) is 0 Å². The number of pyridine rings is 1. The fourth-order valence-corrected chi connectivity index (χ4v) is 3.25. The highest BCUT2D eigenvalue weighted by Crippen LogP contribution is 2.23. The van der Waals surface area contributed by atoms with E-state index in [9.17, 15) is 9.18 Å². The fraction of sp³-hybridized carbons (Fsp3) is 0.368. The smallest absolute Gasteiger partial charge is 0.244 e. The van der Waals surface area contributed by atoms with E-state index >= 15 is 0 Å². The lowest BCUT2D eigenvalue weighted by Gasteiger charge is -2.38. The molecule has 1 amide bonds. The summed E-state index contributed by atoms with van der Waals surface area (Å²) in [7, 11) is 3.79. The molecule has 1 aliphatic rings. The van der Waals surface area contributed by atoms with Crippen molar-refractivity contribution in [3.63, 3.8) is 0 Å². The van der Waals surface area contributed by atoms with Crippen LogP contribution in [0.25, 0.3) is 0 Å². The summed E-state index contributed by atoms with van der Waals surface area (Å²) in [5.41, 5.74) is 1.49. The third-order valence-corrected chi connectivity index (χ3v) is 4.53. The standard InChI is InChI=1S/C19H23FN4O/c1-22(2)18(15-6-5-9-21-14-15)19(25)24-12-10-23(11-13-24)17-8-4-3-7-16(17)20/h3-9,14,18H,10-13H2,1-2H3. The molecule has 1 aromatic heterocycles. The Bertz CT molecular complexity index is 714. The van der Waals surface area contributed by atoms with Gasteiger partial charge in [-0.1, -0.05) is 18.2 Å². The van der Waals surface area contributed by atoms with Gasteiger partial charge in [0.05, 0.1) is 5.69 Å². The number of hydrogen-bond donors (Lipinski definition) is 0. The van der Waals surface area contributed by atoms with Gasteiger partial charge in [-0.15, -0.1) is 0 Å². The van der Waals surface area contributed by atoms with Gasteiger partial charge >= 0.3 is 0 Å². The zero-order valence-corrected chi connectivity index (χ0v) is 14.6. The van der Waals surface area contributed by atoms with E-state index in [4.69, 9.17) is 0 Å². The van der Waals surface area contributed by atoms with Crippen molar-refractivity contribution in [2.24, 2.45) is 0 Å². The number of likely N-dealkylation sites (N-methyl/N-ethyl adjacent to an activating group) is 1. The molecule has 1 fully saturated rings. The number of carbonyl (C=O) groups excluding carboxylic acids is 1. The molecular weight excluding hydrogens is 319 g/mol. The summed E-state index contributed by atoms with van der Waals surface area (Å²) in [6.07, 6.45) is 3.44. The highest BCUT2D eigenvalue weighted by Gasteiger charge is 2.30. The minimum atomic E-state index is -0.353. The van der Waals surface area contributed by atoms with Gasteiger partial charge in [0.15, 0.2) is 0 Å². The van der Waals surface area contributed by atoms with Crippen molar-refractivity contribution in [2.75, 3.05) is 45.2 Å². The third kappa shape index (κ3) is 3.79. The molecule has 6 heteroatoms. The Hall–Kier alpha value is -2.47. The van der Waals surface area contributed by atoms with E-state index in [-0.39, 0.29) is 17.8 Å². The van der Waals surface area contributed by atoms with Crippen LogP contribution in [0.2, 0.25) is 0 Å². The molecule has 0 bridgehead atoms. The largest absolute Gasteiger partial charge is 0.366 e. The van der Waals surface area contributed by atoms with Crippen molar-refractivity contribution in [3.8, 4) is 0 Å². The summed E-state index contributed by atoms with van der Waals surface area (Å²) in [6, 6.07) is 10.2. The van der Waals surface area contributed by atoms with Gasteiger partial charge in [-0.05, 0) is 37.9 Å². The van der Waals surface area contributed by atoms with Crippen LogP contribution in [-0.2, 0) is 4.79 Å². The minimum absolute atomic E-state index is 0.0613. The van der Waals surface area contributed by atoms with E-state index < -0.39 is 0 Å². The number of nitrogens with zero attached hydrogens (tertiary/aromatic N) is 4. The molecule has 0 aliphatic carbocycles. The second kappa shape index (κ2) is 7.61. The fourth-order valence-electron chi connectivity index (χ4n) is 3.25. The molecule has 0 spiro atoms. The highest BCUT2D eigenvalue weighted by atomic mass is 19.1. The number of rotatable bonds is 4. The molecular formula is C19H23FN4O. The molecule has 25 heavy (non-hydrogen) atoms. The molecule has 2 heterocycles. The van der Waals surface area contributed by atoms with Gasteiger partial charge in [0.1, 0.15) is 11.9 Å². The Morgan fingerprint density at radius 2 is 1.84 bits per heavy atom. The number of halogens is 1. The van der Waals surface area contributed by atoms with Gasteiger partial charge in [-0.25, -0.2) is 4.39 Å². The Morgan fingerprint density at radius 1 is 1.12 bits per heavy atom. The summed E-state index contributed by atoms with van der Waals surface area (Å²) < 4.78 is 13.9. The lowest BCUT2D eigenvalue weighted by molar-refractivity contribution is -0.136. The van der Waals surface area contributed by atoms with Crippen molar-refractivity contribution < 1.29 is 9.18 Å². The van der Waals surface area contributed by atoms with Gasteiger partial charge in [0.25, 0.3) is 0 Å². The number of piperazine rings is 1. The predicted molar refractivity (Wildman–Crippen MR) is 95.9 cm³/mol. The van der Waals surface area contributed by atoms with E-state index in [1.807, 2.05) is 47.0 Å². The normalized spacial score (nSPS) is 16.2. The van der Waals surface area contributed by atoms with Gasteiger partial charge < -0.3 is 9.80 Å². The van der Waals surface area contributed by atoms with Gasteiger partial charge in [0, 0.05) is 38.6 Å². The minimum Gasteiger partial charge on any atom is -0.366 e. The number of aromatic nitrogens is 1. The molecule has 1 aliphatic heterocycles. The summed E-state index contributed by atoms with van der Waals surface area (Å²) in [5.74, 6) is -0.157. The van der Waals surface area contributed by atoms with Crippen LogP contribution >= 0.6 is 0 Å². The molecule has 1 atom stereocenters. The van der Waals surface area contributed by atoms with Crippen LogP contribution in [0.1, 0.15) is 11.6 Å². The first-order valence-corrected chi connectivity index (χ1v) is 8.42. The molecule has 1 aromatic carbocycles. The summed E-state index contributed by atoms with van der Waals surface area (Å²) >= 11 is 0. The number of hydrogen-bond acceptors (Lipinski definition) is 4. The van der Waals surface area contributed by atoms with Crippen molar-refractivity contribution >= 4 is 11.6 Å². The van der Waals surface area contributed by atoms with Crippen molar-refractivity contribution in [1.82, 2.24) is 14.8 Å². The number of para-hydroxylation sites is 1. The van der Waals surface area contributed by atoms with Crippen LogP contribution in [0.4, 0.5) is 10.1 Å². The molecule has 5 nitrogen and oxygen atoms in total. The molecule has 1 saturated heterocycles. The average molecular weight is 342 g/mol. The maximum Gasteiger partial charge on any atom is 0.244 e. The van der Waals surface area contributed by atoms with Gasteiger partial charge in [0.2, 0.25) is 5.91 Å². The first-order chi connectivity index (χ1) is 12.1. The second-order valence-electron chi connectivity index (χ2n) is 6.42. The number of amides is 1. The van der Waals surface area contributed by atoms with Crippen molar-refractivity contribution in [2.45, 2.75) is 6.04 Å². The average Bonchev–Trinajstić information content (AvgIpc) is 2.63. The van der Waals surface area contributed by atoms with E-state index in [2.05, 4.69) is 4.98 Å². The molecule has 0 saturated carbocycles. The van der Waals surface area contributed by atoms with Crippen LogP contribution in [0, 0.1) is 5.82 Å². The molecule has 2 aromatic rings. The molecule has 1 unspecified atom stereocenters. The van der Waals surface area contributed by atoms with Crippen molar-refractivity contribution in [3.05, 3.63) is 60.2 Å². The summed E-state index contributed by atoms with van der Waals surface area (Å²) in [6.45, 7) is 2.41.